The molecule has 0 radical (unpaired) electrons. The summed E-state index contributed by atoms with van der Waals surface area (Å²) in [5.41, 5.74) is 3.06. The Kier molecular flexibility index (Phi) is 5.71. The summed E-state index contributed by atoms with van der Waals surface area (Å²) in [6.45, 7) is 0. The Labute approximate surface area is 164 Å². The highest BCUT2D eigenvalue weighted by molar-refractivity contribution is 6.33. The third kappa shape index (κ3) is 4.36. The van der Waals surface area contributed by atoms with Crippen LogP contribution in [0, 0.1) is 10.1 Å². The molecule has 0 saturated heterocycles. The lowest BCUT2D eigenvalue weighted by Crippen LogP contribution is -2.17. The van der Waals surface area contributed by atoms with Crippen LogP contribution in [0.1, 0.15) is 16.1 Å². The molecular weight excluding hydrogens is 386 g/mol. The van der Waals surface area contributed by atoms with Crippen molar-refractivity contribution < 1.29 is 18.9 Å². The minimum absolute atomic E-state index is 0.100. The number of ether oxygens (including phenoxy) is 1. The van der Waals surface area contributed by atoms with Crippen molar-refractivity contribution in [1.29, 1.82) is 0 Å². The predicted molar refractivity (Wildman–Crippen MR) is 104 cm³/mol. The lowest BCUT2D eigenvalue weighted by atomic mass is 10.1. The van der Waals surface area contributed by atoms with Gasteiger partial charge in [0.15, 0.2) is 0 Å². The van der Waals surface area contributed by atoms with Crippen molar-refractivity contribution in [2.45, 2.75) is 0 Å². The molecule has 0 aliphatic rings. The molecular formula is C19H14ClN3O5. The summed E-state index contributed by atoms with van der Waals surface area (Å²) in [4.78, 5) is 22.5. The van der Waals surface area contributed by atoms with Gasteiger partial charge in [0, 0.05) is 23.3 Å². The predicted octanol–water partition coefficient (Wildman–Crippen LogP) is 4.28. The summed E-state index contributed by atoms with van der Waals surface area (Å²) in [6, 6.07) is 13.9. The van der Waals surface area contributed by atoms with Crippen molar-refractivity contribution in [2.75, 3.05) is 7.11 Å². The van der Waals surface area contributed by atoms with Crippen LogP contribution in [0.25, 0.3) is 11.3 Å². The second-order valence-electron chi connectivity index (χ2n) is 5.55. The fourth-order valence-corrected chi connectivity index (χ4v) is 2.58. The zero-order valence-electron chi connectivity index (χ0n) is 14.6. The number of hydrogen-bond donors (Lipinski definition) is 1. The maximum absolute atomic E-state index is 12.1. The van der Waals surface area contributed by atoms with Crippen molar-refractivity contribution in [2.24, 2.45) is 5.10 Å². The van der Waals surface area contributed by atoms with E-state index in [0.717, 1.165) is 0 Å². The number of nitro benzene ring substituents is 1. The fraction of sp³-hybridized carbons (Fsp3) is 0.0526. The van der Waals surface area contributed by atoms with Gasteiger partial charge in [0.05, 0.1) is 23.3 Å². The van der Waals surface area contributed by atoms with Crippen LogP contribution in [0.5, 0.6) is 5.75 Å². The number of furan rings is 1. The van der Waals surface area contributed by atoms with Gasteiger partial charge in [0.25, 0.3) is 11.6 Å². The molecule has 28 heavy (non-hydrogen) atoms. The molecule has 0 aliphatic heterocycles. The molecule has 1 amide bonds. The number of hydrogen-bond acceptors (Lipinski definition) is 6. The lowest BCUT2D eigenvalue weighted by molar-refractivity contribution is -0.384. The van der Waals surface area contributed by atoms with Crippen molar-refractivity contribution >= 4 is 29.4 Å². The molecule has 0 atom stereocenters. The maximum Gasteiger partial charge on any atom is 0.271 e. The van der Waals surface area contributed by atoms with Crippen LogP contribution in [-0.2, 0) is 0 Å². The smallest absolute Gasteiger partial charge is 0.271 e. The first kappa shape index (κ1) is 19.1. The number of rotatable bonds is 6. The average Bonchev–Trinajstić information content (AvgIpc) is 3.16. The van der Waals surface area contributed by atoms with E-state index < -0.39 is 10.8 Å². The quantitative estimate of drug-likeness (QED) is 0.378. The SMILES string of the molecule is COc1cccc(C(=O)N/N=C/c2ccc(-c3cc([N+](=O)[O-])ccc3Cl)o2)c1. The monoisotopic (exact) mass is 399 g/mol. The Morgan fingerprint density at radius 2 is 2.07 bits per heavy atom. The second-order valence-corrected chi connectivity index (χ2v) is 5.96. The van der Waals surface area contributed by atoms with Crippen LogP contribution < -0.4 is 10.2 Å². The van der Waals surface area contributed by atoms with E-state index in [1.807, 2.05) is 0 Å². The maximum atomic E-state index is 12.1. The molecule has 1 aromatic heterocycles. The number of non-ortho nitro benzene ring substituents is 1. The number of halogens is 1. The lowest BCUT2D eigenvalue weighted by Gasteiger charge is -2.02. The second kappa shape index (κ2) is 8.36. The van der Waals surface area contributed by atoms with Crippen LogP contribution in [0.3, 0.4) is 0 Å². The third-order valence-electron chi connectivity index (χ3n) is 3.74. The molecule has 3 aromatic rings. The normalized spacial score (nSPS) is 10.8. The fourth-order valence-electron chi connectivity index (χ4n) is 2.37. The molecule has 9 heteroatoms. The largest absolute Gasteiger partial charge is 0.497 e. The Morgan fingerprint density at radius 3 is 2.82 bits per heavy atom. The minimum Gasteiger partial charge on any atom is -0.497 e. The molecule has 0 bridgehead atoms. The molecule has 0 spiro atoms. The number of methoxy groups -OCH3 is 1. The van der Waals surface area contributed by atoms with Gasteiger partial charge in [0.2, 0.25) is 0 Å². The molecule has 1 N–H and O–H groups in total. The molecule has 8 nitrogen and oxygen atoms in total. The number of carbonyl (C=O) groups excluding carboxylic acids is 1. The van der Waals surface area contributed by atoms with Crippen molar-refractivity contribution in [3.8, 4) is 17.1 Å². The molecule has 3 rings (SSSR count). The molecule has 2 aromatic carbocycles. The number of benzene rings is 2. The summed E-state index contributed by atoms with van der Waals surface area (Å²) in [5.74, 6) is 0.822. The Bertz CT molecular complexity index is 1060. The van der Waals surface area contributed by atoms with E-state index in [1.54, 1.807) is 36.4 Å². The van der Waals surface area contributed by atoms with Crippen LogP contribution in [-0.4, -0.2) is 24.2 Å². The number of nitro groups is 1. The highest BCUT2D eigenvalue weighted by Gasteiger charge is 2.14. The van der Waals surface area contributed by atoms with Gasteiger partial charge in [-0.3, -0.25) is 14.9 Å². The summed E-state index contributed by atoms with van der Waals surface area (Å²) >= 11 is 6.10. The van der Waals surface area contributed by atoms with Gasteiger partial charge in [-0.05, 0) is 36.4 Å². The molecule has 0 unspecified atom stereocenters. The standard InChI is InChI=1S/C19H14ClN3O5/c1-27-14-4-2-3-12(9-14)19(24)22-21-11-15-6-8-18(28-15)16-10-13(23(25)26)5-7-17(16)20/h2-11H,1H3,(H,22,24)/b21-11+. The molecule has 142 valence electrons. The minimum atomic E-state index is -0.515. The molecule has 0 fully saturated rings. The van der Waals surface area contributed by atoms with Crippen LogP contribution in [0.2, 0.25) is 5.02 Å². The summed E-state index contributed by atoms with van der Waals surface area (Å²) < 4.78 is 10.7. The van der Waals surface area contributed by atoms with E-state index in [-0.39, 0.29) is 5.69 Å². The number of amides is 1. The van der Waals surface area contributed by atoms with Crippen LogP contribution >= 0.6 is 11.6 Å². The zero-order valence-corrected chi connectivity index (χ0v) is 15.3. The summed E-state index contributed by atoms with van der Waals surface area (Å²) in [7, 11) is 1.51. The summed E-state index contributed by atoms with van der Waals surface area (Å²) in [6.07, 6.45) is 1.31. The summed E-state index contributed by atoms with van der Waals surface area (Å²) in [5, 5.41) is 15.1. The highest BCUT2D eigenvalue weighted by Crippen LogP contribution is 2.32. The third-order valence-corrected chi connectivity index (χ3v) is 4.07. The van der Waals surface area contributed by atoms with E-state index in [2.05, 4.69) is 10.5 Å². The number of nitrogens with zero attached hydrogens (tertiary/aromatic N) is 2. The zero-order chi connectivity index (χ0) is 20.1. The number of hydrazone groups is 1. The van der Waals surface area contributed by atoms with Gasteiger partial charge >= 0.3 is 0 Å². The van der Waals surface area contributed by atoms with Crippen molar-refractivity contribution in [3.05, 3.63) is 81.1 Å². The van der Waals surface area contributed by atoms with E-state index in [0.29, 0.717) is 33.4 Å². The van der Waals surface area contributed by atoms with Gasteiger partial charge in [-0.1, -0.05) is 17.7 Å². The Hall–Kier alpha value is -3.65. The Morgan fingerprint density at radius 1 is 1.25 bits per heavy atom. The average molecular weight is 400 g/mol. The van der Waals surface area contributed by atoms with E-state index in [1.165, 1.54) is 31.5 Å². The molecule has 1 heterocycles. The molecule has 0 saturated carbocycles. The van der Waals surface area contributed by atoms with Gasteiger partial charge in [0.1, 0.15) is 17.3 Å². The van der Waals surface area contributed by atoms with Gasteiger partial charge in [-0.15, -0.1) is 0 Å². The van der Waals surface area contributed by atoms with Crippen LogP contribution in [0.15, 0.2) is 64.1 Å². The highest BCUT2D eigenvalue weighted by atomic mass is 35.5. The number of nitrogens with one attached hydrogen (secondary N) is 1. The number of carbonyl (C=O) groups is 1. The van der Waals surface area contributed by atoms with Gasteiger partial charge in [-0.2, -0.15) is 5.10 Å². The Balaban J connectivity index is 1.72. The first-order valence-corrected chi connectivity index (χ1v) is 8.37. The topological polar surface area (TPSA) is 107 Å². The van der Waals surface area contributed by atoms with E-state index >= 15 is 0 Å². The van der Waals surface area contributed by atoms with Gasteiger partial charge < -0.3 is 9.15 Å². The molecule has 0 aliphatic carbocycles. The van der Waals surface area contributed by atoms with Gasteiger partial charge in [-0.25, -0.2) is 5.43 Å². The first-order valence-electron chi connectivity index (χ1n) is 7.99. The van der Waals surface area contributed by atoms with Crippen LogP contribution in [0.4, 0.5) is 5.69 Å². The van der Waals surface area contributed by atoms with Crippen molar-refractivity contribution in [1.82, 2.24) is 5.43 Å². The first-order chi connectivity index (χ1) is 13.5. The van der Waals surface area contributed by atoms with E-state index in [4.69, 9.17) is 20.8 Å². The van der Waals surface area contributed by atoms with E-state index in [9.17, 15) is 14.9 Å². The van der Waals surface area contributed by atoms with Crippen molar-refractivity contribution in [3.63, 3.8) is 0 Å².